The summed E-state index contributed by atoms with van der Waals surface area (Å²) in [4.78, 5) is 15.3. The minimum Gasteiger partial charge on any atom is -0.481 e. The standard InChI is InChI=1S/C13H14N2O2/c1-15-11-5-2-8(7-12(16)17)6-10(11)14-13(15)9-3-4-9/h2,5-6,9H,3-4,7H2,1H3,(H,16,17). The first-order valence-electron chi connectivity index (χ1n) is 5.82. The number of hydrogen-bond donors (Lipinski definition) is 1. The highest BCUT2D eigenvalue weighted by Crippen LogP contribution is 2.40. The smallest absolute Gasteiger partial charge is 0.307 e. The van der Waals surface area contributed by atoms with Gasteiger partial charge in [0.15, 0.2) is 0 Å². The summed E-state index contributed by atoms with van der Waals surface area (Å²) >= 11 is 0. The zero-order valence-corrected chi connectivity index (χ0v) is 9.68. The second-order valence-electron chi connectivity index (χ2n) is 4.70. The number of aryl methyl sites for hydroxylation is 1. The number of imidazole rings is 1. The van der Waals surface area contributed by atoms with E-state index < -0.39 is 5.97 Å². The molecule has 1 heterocycles. The first-order valence-corrected chi connectivity index (χ1v) is 5.82. The van der Waals surface area contributed by atoms with Crippen molar-refractivity contribution in [3.8, 4) is 0 Å². The second-order valence-corrected chi connectivity index (χ2v) is 4.70. The molecule has 4 heteroatoms. The van der Waals surface area contributed by atoms with Crippen LogP contribution in [0, 0.1) is 0 Å². The third-order valence-electron chi connectivity index (χ3n) is 3.28. The molecule has 1 fully saturated rings. The number of aliphatic carboxylic acids is 1. The van der Waals surface area contributed by atoms with E-state index in [9.17, 15) is 4.79 Å². The summed E-state index contributed by atoms with van der Waals surface area (Å²) in [5.41, 5.74) is 2.81. The lowest BCUT2D eigenvalue weighted by Gasteiger charge is -2.00. The van der Waals surface area contributed by atoms with Crippen molar-refractivity contribution in [2.75, 3.05) is 0 Å². The van der Waals surface area contributed by atoms with Crippen molar-refractivity contribution in [2.24, 2.45) is 7.05 Å². The summed E-state index contributed by atoms with van der Waals surface area (Å²) in [5.74, 6) is 0.936. The van der Waals surface area contributed by atoms with Crippen molar-refractivity contribution in [1.82, 2.24) is 9.55 Å². The fourth-order valence-corrected chi connectivity index (χ4v) is 2.26. The minimum absolute atomic E-state index is 0.0608. The largest absolute Gasteiger partial charge is 0.481 e. The van der Waals surface area contributed by atoms with E-state index in [0.29, 0.717) is 5.92 Å². The molecule has 0 atom stereocenters. The molecular formula is C13H14N2O2. The fraction of sp³-hybridized carbons (Fsp3) is 0.385. The summed E-state index contributed by atoms with van der Waals surface area (Å²) in [6, 6.07) is 5.72. The SMILES string of the molecule is Cn1c(C2CC2)nc2cc(CC(=O)O)ccc21. The monoisotopic (exact) mass is 230 g/mol. The molecule has 3 rings (SSSR count). The van der Waals surface area contributed by atoms with E-state index in [2.05, 4.69) is 9.55 Å². The molecule has 1 aliphatic rings. The lowest BCUT2D eigenvalue weighted by molar-refractivity contribution is -0.136. The van der Waals surface area contributed by atoms with Gasteiger partial charge in [0.05, 0.1) is 17.5 Å². The Morgan fingerprint density at radius 2 is 2.29 bits per heavy atom. The van der Waals surface area contributed by atoms with E-state index in [0.717, 1.165) is 22.4 Å². The zero-order chi connectivity index (χ0) is 12.0. The molecule has 1 aromatic carbocycles. The quantitative estimate of drug-likeness (QED) is 0.878. The van der Waals surface area contributed by atoms with Crippen molar-refractivity contribution in [1.29, 1.82) is 0 Å². The normalized spacial score (nSPS) is 15.4. The molecule has 1 saturated carbocycles. The van der Waals surface area contributed by atoms with Crippen molar-refractivity contribution in [2.45, 2.75) is 25.2 Å². The van der Waals surface area contributed by atoms with Crippen LogP contribution >= 0.6 is 0 Å². The van der Waals surface area contributed by atoms with Crippen LogP contribution in [0.2, 0.25) is 0 Å². The molecule has 88 valence electrons. The Morgan fingerprint density at radius 3 is 2.94 bits per heavy atom. The molecule has 1 aromatic heterocycles. The molecule has 0 radical (unpaired) electrons. The lowest BCUT2D eigenvalue weighted by atomic mass is 10.1. The van der Waals surface area contributed by atoms with E-state index in [1.165, 1.54) is 12.8 Å². The van der Waals surface area contributed by atoms with Gasteiger partial charge in [-0.15, -0.1) is 0 Å². The molecule has 2 aromatic rings. The minimum atomic E-state index is -0.803. The predicted molar refractivity (Wildman–Crippen MR) is 64.0 cm³/mol. The van der Waals surface area contributed by atoms with Gasteiger partial charge in [-0.2, -0.15) is 0 Å². The topological polar surface area (TPSA) is 55.1 Å². The molecule has 0 aliphatic heterocycles. The highest BCUT2D eigenvalue weighted by Gasteiger charge is 2.28. The van der Waals surface area contributed by atoms with Crippen LogP contribution in [0.15, 0.2) is 18.2 Å². The summed E-state index contributed by atoms with van der Waals surface area (Å²) in [7, 11) is 2.03. The Bertz CT molecular complexity index is 597. The third kappa shape index (κ3) is 1.79. The number of aromatic nitrogens is 2. The number of carboxylic acids is 1. The Kier molecular flexibility index (Phi) is 2.18. The van der Waals surface area contributed by atoms with E-state index >= 15 is 0 Å². The van der Waals surface area contributed by atoms with E-state index in [-0.39, 0.29) is 6.42 Å². The van der Waals surface area contributed by atoms with Gasteiger partial charge in [0.1, 0.15) is 5.82 Å². The average molecular weight is 230 g/mol. The van der Waals surface area contributed by atoms with E-state index in [4.69, 9.17) is 5.11 Å². The van der Waals surface area contributed by atoms with Crippen LogP contribution < -0.4 is 0 Å². The average Bonchev–Trinajstić information content (AvgIpc) is 3.04. The van der Waals surface area contributed by atoms with Crippen LogP contribution in [0.4, 0.5) is 0 Å². The molecule has 0 saturated heterocycles. The number of carbonyl (C=O) groups is 1. The van der Waals surface area contributed by atoms with Crippen molar-refractivity contribution in [3.63, 3.8) is 0 Å². The first kappa shape index (κ1) is 10.3. The maximum absolute atomic E-state index is 10.7. The van der Waals surface area contributed by atoms with Crippen LogP contribution in [-0.4, -0.2) is 20.6 Å². The van der Waals surface area contributed by atoms with Gasteiger partial charge in [-0.25, -0.2) is 4.98 Å². The maximum atomic E-state index is 10.7. The molecule has 0 amide bonds. The van der Waals surface area contributed by atoms with Crippen LogP contribution in [0.1, 0.15) is 30.1 Å². The molecule has 1 aliphatic carbocycles. The van der Waals surface area contributed by atoms with Crippen LogP contribution in [0.25, 0.3) is 11.0 Å². The van der Waals surface area contributed by atoms with E-state index in [1.54, 1.807) is 0 Å². The molecule has 4 nitrogen and oxygen atoms in total. The van der Waals surface area contributed by atoms with Gasteiger partial charge in [-0.3, -0.25) is 4.79 Å². The predicted octanol–water partition coefficient (Wildman–Crippen LogP) is 2.08. The fourth-order valence-electron chi connectivity index (χ4n) is 2.26. The molecular weight excluding hydrogens is 216 g/mol. The summed E-state index contributed by atoms with van der Waals surface area (Å²) in [6.45, 7) is 0. The van der Waals surface area contributed by atoms with Crippen LogP contribution in [-0.2, 0) is 18.3 Å². The summed E-state index contributed by atoms with van der Waals surface area (Å²) < 4.78 is 2.12. The van der Waals surface area contributed by atoms with Crippen molar-refractivity contribution < 1.29 is 9.90 Å². The molecule has 0 spiro atoms. The maximum Gasteiger partial charge on any atom is 0.307 e. The Hall–Kier alpha value is -1.84. The zero-order valence-electron chi connectivity index (χ0n) is 9.68. The molecule has 0 bridgehead atoms. The van der Waals surface area contributed by atoms with Crippen LogP contribution in [0.5, 0.6) is 0 Å². The lowest BCUT2D eigenvalue weighted by Crippen LogP contribution is -1.99. The number of hydrogen-bond acceptors (Lipinski definition) is 2. The van der Waals surface area contributed by atoms with Crippen molar-refractivity contribution in [3.05, 3.63) is 29.6 Å². The van der Waals surface area contributed by atoms with Gasteiger partial charge in [0.2, 0.25) is 0 Å². The van der Waals surface area contributed by atoms with Crippen LogP contribution in [0.3, 0.4) is 0 Å². The number of rotatable bonds is 3. The van der Waals surface area contributed by atoms with Gasteiger partial charge in [-0.1, -0.05) is 6.07 Å². The van der Waals surface area contributed by atoms with Gasteiger partial charge < -0.3 is 9.67 Å². The summed E-state index contributed by atoms with van der Waals surface area (Å²) in [5, 5.41) is 8.77. The molecule has 1 N–H and O–H groups in total. The van der Waals surface area contributed by atoms with Gasteiger partial charge >= 0.3 is 5.97 Å². The Labute approximate surface area is 98.9 Å². The van der Waals surface area contributed by atoms with Gasteiger partial charge in [0, 0.05) is 13.0 Å². The number of fused-ring (bicyclic) bond motifs is 1. The Morgan fingerprint density at radius 1 is 1.53 bits per heavy atom. The summed E-state index contributed by atoms with van der Waals surface area (Å²) in [6.07, 6.45) is 2.50. The van der Waals surface area contributed by atoms with Gasteiger partial charge in [-0.05, 0) is 30.5 Å². The number of benzene rings is 1. The highest BCUT2D eigenvalue weighted by molar-refractivity contribution is 5.79. The van der Waals surface area contributed by atoms with Crippen molar-refractivity contribution >= 4 is 17.0 Å². The third-order valence-corrected chi connectivity index (χ3v) is 3.28. The molecule has 0 unspecified atom stereocenters. The molecule has 17 heavy (non-hydrogen) atoms. The van der Waals surface area contributed by atoms with Gasteiger partial charge in [0.25, 0.3) is 0 Å². The number of nitrogens with zero attached hydrogens (tertiary/aromatic N) is 2. The Balaban J connectivity index is 2.07. The first-order chi connectivity index (χ1) is 8.15. The number of carboxylic acid groups (broad SMARTS) is 1. The highest BCUT2D eigenvalue weighted by atomic mass is 16.4. The van der Waals surface area contributed by atoms with E-state index in [1.807, 2.05) is 25.2 Å². The second kappa shape index (κ2) is 3.58.